The molecule has 0 saturated carbocycles. The quantitative estimate of drug-likeness (QED) is 0.240. The molecular formula is C28H35NO4. The molecule has 1 aliphatic carbocycles. The Kier molecular flexibility index (Phi) is 9.03. The van der Waals surface area contributed by atoms with E-state index in [9.17, 15) is 14.7 Å². The number of allylic oxidation sites excluding steroid dienone is 9. The van der Waals surface area contributed by atoms with Crippen molar-refractivity contribution in [1.29, 1.82) is 0 Å². The maximum Gasteiger partial charge on any atom is 0.307 e. The van der Waals surface area contributed by atoms with Crippen LogP contribution in [0.5, 0.6) is 5.75 Å². The van der Waals surface area contributed by atoms with Gasteiger partial charge in [-0.25, -0.2) is 0 Å². The molecule has 1 aliphatic rings. The number of aromatic hydroxyl groups is 1. The van der Waals surface area contributed by atoms with Crippen LogP contribution in [-0.4, -0.2) is 22.1 Å². The fourth-order valence-electron chi connectivity index (χ4n) is 4.05. The van der Waals surface area contributed by atoms with E-state index in [0.717, 1.165) is 11.1 Å². The van der Waals surface area contributed by atoms with E-state index in [1.807, 2.05) is 32.1 Å². The van der Waals surface area contributed by atoms with Gasteiger partial charge in [0.15, 0.2) is 0 Å². The monoisotopic (exact) mass is 449 g/mol. The van der Waals surface area contributed by atoms with Crippen LogP contribution < -0.4 is 5.32 Å². The lowest BCUT2D eigenvalue weighted by Gasteiger charge is -2.32. The summed E-state index contributed by atoms with van der Waals surface area (Å²) in [4.78, 5) is 23.2. The van der Waals surface area contributed by atoms with Gasteiger partial charge >= 0.3 is 5.97 Å². The molecule has 1 amide bonds. The zero-order valence-electron chi connectivity index (χ0n) is 20.2. The van der Waals surface area contributed by atoms with Crippen LogP contribution in [0.4, 0.5) is 5.69 Å². The lowest BCUT2D eigenvalue weighted by molar-refractivity contribution is -0.136. The van der Waals surface area contributed by atoms with Crippen LogP contribution in [0.15, 0.2) is 76.9 Å². The van der Waals surface area contributed by atoms with Crippen molar-refractivity contribution in [3.05, 3.63) is 82.5 Å². The van der Waals surface area contributed by atoms with Crippen LogP contribution >= 0.6 is 0 Å². The number of hydrogen-bond donors (Lipinski definition) is 3. The van der Waals surface area contributed by atoms with Crippen molar-refractivity contribution < 1.29 is 19.8 Å². The predicted octanol–water partition coefficient (Wildman–Crippen LogP) is 6.49. The molecule has 0 unspecified atom stereocenters. The summed E-state index contributed by atoms with van der Waals surface area (Å²) in [7, 11) is 0. The molecule has 0 aromatic heterocycles. The van der Waals surface area contributed by atoms with E-state index in [0.29, 0.717) is 0 Å². The average molecular weight is 450 g/mol. The molecule has 0 fully saturated rings. The van der Waals surface area contributed by atoms with Gasteiger partial charge in [-0.05, 0) is 62.7 Å². The fraction of sp³-hybridized carbons (Fsp3) is 0.357. The normalized spacial score (nSPS) is 17.1. The first-order valence-corrected chi connectivity index (χ1v) is 11.2. The van der Waals surface area contributed by atoms with Gasteiger partial charge in [0.05, 0.1) is 12.1 Å². The van der Waals surface area contributed by atoms with Crippen LogP contribution in [0.25, 0.3) is 0 Å². The number of para-hydroxylation sites is 1. The Morgan fingerprint density at radius 3 is 2.55 bits per heavy atom. The fourth-order valence-corrected chi connectivity index (χ4v) is 4.05. The van der Waals surface area contributed by atoms with Gasteiger partial charge in [-0.3, -0.25) is 9.59 Å². The highest BCUT2D eigenvalue weighted by Crippen LogP contribution is 2.40. The number of carbonyl (C=O) groups is 2. The maximum atomic E-state index is 12.3. The zero-order chi connectivity index (χ0) is 24.6. The van der Waals surface area contributed by atoms with Gasteiger partial charge in [0, 0.05) is 11.6 Å². The highest BCUT2D eigenvalue weighted by Gasteiger charge is 2.26. The summed E-state index contributed by atoms with van der Waals surface area (Å²) in [5.41, 5.74) is 5.39. The molecule has 1 aromatic carbocycles. The van der Waals surface area contributed by atoms with E-state index >= 15 is 0 Å². The van der Waals surface area contributed by atoms with Gasteiger partial charge in [-0.2, -0.15) is 0 Å². The van der Waals surface area contributed by atoms with E-state index < -0.39 is 11.9 Å². The molecule has 0 heterocycles. The first-order chi connectivity index (χ1) is 15.5. The van der Waals surface area contributed by atoms with Gasteiger partial charge in [-0.15, -0.1) is 0 Å². The van der Waals surface area contributed by atoms with E-state index in [-0.39, 0.29) is 28.8 Å². The smallest absolute Gasteiger partial charge is 0.307 e. The minimum Gasteiger partial charge on any atom is -0.505 e. The van der Waals surface area contributed by atoms with Crippen molar-refractivity contribution in [2.75, 3.05) is 5.32 Å². The molecule has 1 aromatic rings. The molecular weight excluding hydrogens is 414 g/mol. The van der Waals surface area contributed by atoms with Gasteiger partial charge < -0.3 is 15.5 Å². The topological polar surface area (TPSA) is 86.6 Å². The number of hydrogen-bond acceptors (Lipinski definition) is 3. The second kappa shape index (κ2) is 11.5. The second-order valence-corrected chi connectivity index (χ2v) is 9.30. The molecule has 3 N–H and O–H groups in total. The summed E-state index contributed by atoms with van der Waals surface area (Å²) in [5.74, 6) is -1.68. The summed E-state index contributed by atoms with van der Waals surface area (Å²) in [6.45, 7) is 10.7. The first kappa shape index (κ1) is 25.9. The van der Waals surface area contributed by atoms with Gasteiger partial charge in [-0.1, -0.05) is 67.5 Å². The Labute approximate surface area is 196 Å². The Bertz CT molecular complexity index is 1050. The SMILES string of the molecule is CC(C=CC1=C(C)CCCC1(C)C)=CC=CC(C)=CC(=O)Nc1cccc(CC(=O)O)c1O. The maximum absolute atomic E-state index is 12.3. The molecule has 33 heavy (non-hydrogen) atoms. The van der Waals surface area contributed by atoms with Crippen molar-refractivity contribution >= 4 is 17.6 Å². The molecule has 0 saturated heterocycles. The molecule has 0 radical (unpaired) electrons. The minimum atomic E-state index is -1.05. The lowest BCUT2D eigenvalue weighted by atomic mass is 9.72. The standard InChI is InChI=1S/C28H35NO4/c1-19(14-15-23-21(3)11-8-16-28(23,4)5)9-6-10-20(2)17-25(30)29-24-13-7-12-22(27(24)33)18-26(31)32/h6-7,9-10,12-15,17,33H,8,11,16,18H2,1-5H3,(H,29,30)(H,31,32). The number of carbonyl (C=O) groups excluding carboxylic acids is 1. The van der Waals surface area contributed by atoms with Crippen molar-refractivity contribution in [3.63, 3.8) is 0 Å². The summed E-state index contributed by atoms with van der Waals surface area (Å²) >= 11 is 0. The van der Waals surface area contributed by atoms with Crippen LogP contribution in [0.3, 0.4) is 0 Å². The summed E-state index contributed by atoms with van der Waals surface area (Å²) < 4.78 is 0. The van der Waals surface area contributed by atoms with E-state index in [1.54, 1.807) is 6.07 Å². The van der Waals surface area contributed by atoms with Crippen molar-refractivity contribution in [1.82, 2.24) is 0 Å². The zero-order valence-corrected chi connectivity index (χ0v) is 20.2. The molecule has 0 bridgehead atoms. The highest BCUT2D eigenvalue weighted by atomic mass is 16.4. The van der Waals surface area contributed by atoms with Gasteiger partial charge in [0.25, 0.3) is 0 Å². The van der Waals surface area contributed by atoms with E-state index in [4.69, 9.17) is 5.11 Å². The lowest BCUT2D eigenvalue weighted by Crippen LogP contribution is -2.19. The number of phenolic OH excluding ortho intramolecular Hbond substituents is 1. The molecule has 176 valence electrons. The van der Waals surface area contributed by atoms with Crippen molar-refractivity contribution in [2.45, 2.75) is 60.3 Å². The van der Waals surface area contributed by atoms with Crippen LogP contribution in [0.2, 0.25) is 0 Å². The number of phenols is 1. The number of benzene rings is 1. The third kappa shape index (κ3) is 7.94. The van der Waals surface area contributed by atoms with Crippen LogP contribution in [0, 0.1) is 5.41 Å². The predicted molar refractivity (Wildman–Crippen MR) is 134 cm³/mol. The molecule has 0 aliphatic heterocycles. The van der Waals surface area contributed by atoms with E-state index in [1.165, 1.54) is 48.6 Å². The summed E-state index contributed by atoms with van der Waals surface area (Å²) in [6.07, 6.45) is 14.8. The second-order valence-electron chi connectivity index (χ2n) is 9.30. The van der Waals surface area contributed by atoms with Gasteiger partial charge in [0.1, 0.15) is 5.75 Å². The van der Waals surface area contributed by atoms with Crippen molar-refractivity contribution in [2.24, 2.45) is 5.41 Å². The molecule has 5 nitrogen and oxygen atoms in total. The Morgan fingerprint density at radius 1 is 1.15 bits per heavy atom. The molecule has 0 spiro atoms. The number of amides is 1. The summed E-state index contributed by atoms with van der Waals surface area (Å²) in [5, 5.41) is 21.7. The Hall–Kier alpha value is -3.34. The van der Waals surface area contributed by atoms with Crippen LogP contribution in [-0.2, 0) is 16.0 Å². The Balaban J connectivity index is 2.01. The molecule has 2 rings (SSSR count). The number of rotatable bonds is 8. The third-order valence-corrected chi connectivity index (χ3v) is 5.85. The number of anilines is 1. The largest absolute Gasteiger partial charge is 0.505 e. The molecule has 5 heteroatoms. The van der Waals surface area contributed by atoms with Crippen molar-refractivity contribution in [3.8, 4) is 5.75 Å². The first-order valence-electron chi connectivity index (χ1n) is 11.2. The third-order valence-electron chi connectivity index (χ3n) is 5.85. The summed E-state index contributed by atoms with van der Waals surface area (Å²) in [6, 6.07) is 4.64. The highest BCUT2D eigenvalue weighted by molar-refractivity contribution is 6.01. The number of carboxylic acid groups (broad SMARTS) is 1. The average Bonchev–Trinajstić information content (AvgIpc) is 2.69. The molecule has 0 atom stereocenters. The van der Waals surface area contributed by atoms with Crippen LogP contribution in [0.1, 0.15) is 59.4 Å². The number of carboxylic acids is 1. The minimum absolute atomic E-state index is 0.183. The number of aliphatic carboxylic acids is 1. The van der Waals surface area contributed by atoms with Gasteiger partial charge in [0.2, 0.25) is 5.91 Å². The Morgan fingerprint density at radius 2 is 1.88 bits per heavy atom. The van der Waals surface area contributed by atoms with E-state index in [2.05, 4.69) is 38.2 Å². The number of nitrogens with one attached hydrogen (secondary N) is 1.